The molecule has 6 N–H and O–H groups in total. The number of hydrogen-bond acceptors (Lipinski definition) is 13. The van der Waals surface area contributed by atoms with E-state index in [0.717, 1.165) is 33.0 Å². The van der Waals surface area contributed by atoms with Crippen LogP contribution in [0.25, 0.3) is 10.8 Å². The van der Waals surface area contributed by atoms with Crippen molar-refractivity contribution in [1.82, 2.24) is 15.6 Å². The summed E-state index contributed by atoms with van der Waals surface area (Å²) >= 11 is -0.750. The molecule has 5 aromatic rings. The molecule has 3 aliphatic rings. The number of rotatable bonds is 10. The summed E-state index contributed by atoms with van der Waals surface area (Å²) < 4.78 is 39.7. The Kier molecular flexibility index (Phi) is 24.2. The number of H-pyrrole nitrogens is 1. The number of benzene rings is 4. The molecule has 362 valence electrons. The minimum atomic E-state index is -0.902. The standard InChI is InChI=1S/C14H15NO3.C12H17NO3.C10H9NO.C8H11N.C5H10O4.O2S/c1-7-3-4-8-9(5-7)10-6-14(2,13(17)18)11(8)15-12(10)16;1-9-4-6-10(7-5-9)8-13-11(14)12(15-2)16-3;1-7-2-3-8-6-11-10(12)5-9(8)4-7;1-7-2-4-8(6-9)5-3-7;1-7-4(6)5(8-2)9-3;1-3-2/h3-5,10-11H,6H2,1-2H3,(H,15,16)(H,17,18);4-7,12H,8H2,1-3H3,(H,13,14);2-6H,1H3,(H,11,12);2-5H,6,9H2,1H3;5H,1-3H3;. The molecule has 0 radical (unpaired) electrons. The predicted molar refractivity (Wildman–Crippen MR) is 253 cm³/mol. The molecular weight excluding hydrogens is 885 g/mol. The highest BCUT2D eigenvalue weighted by Crippen LogP contribution is 2.53. The first-order valence-electron chi connectivity index (χ1n) is 20.8. The van der Waals surface area contributed by atoms with Gasteiger partial charge in [-0.1, -0.05) is 107 Å². The second-order valence-corrected chi connectivity index (χ2v) is 15.7. The van der Waals surface area contributed by atoms with Crippen molar-refractivity contribution >= 4 is 46.1 Å². The lowest BCUT2D eigenvalue weighted by atomic mass is 9.61. The number of carbonyl (C=O) groups is 4. The molecule has 4 aromatic carbocycles. The first-order chi connectivity index (χ1) is 31.9. The first kappa shape index (κ1) is 56.7. The monoisotopic (exact) mass is 946 g/mol. The van der Waals surface area contributed by atoms with Gasteiger partial charge in [-0.2, -0.15) is 8.42 Å². The highest BCUT2D eigenvalue weighted by atomic mass is 32.1. The second-order valence-electron chi connectivity index (χ2n) is 15.6. The van der Waals surface area contributed by atoms with Gasteiger partial charge in [0.05, 0.1) is 24.5 Å². The van der Waals surface area contributed by atoms with E-state index in [4.69, 9.17) is 23.6 Å². The van der Waals surface area contributed by atoms with E-state index in [1.807, 2.05) is 81.4 Å². The van der Waals surface area contributed by atoms with Crippen molar-refractivity contribution < 1.29 is 56.4 Å². The molecule has 1 aromatic heterocycles. The van der Waals surface area contributed by atoms with Gasteiger partial charge in [-0.05, 0) is 74.1 Å². The molecule has 2 aliphatic heterocycles. The van der Waals surface area contributed by atoms with Crippen LogP contribution >= 0.6 is 0 Å². The third-order valence-corrected chi connectivity index (χ3v) is 10.6. The van der Waals surface area contributed by atoms with Crippen molar-refractivity contribution in [3.8, 4) is 0 Å². The van der Waals surface area contributed by atoms with E-state index in [0.29, 0.717) is 19.5 Å². The molecule has 0 spiro atoms. The van der Waals surface area contributed by atoms with Gasteiger partial charge in [0, 0.05) is 53.8 Å². The summed E-state index contributed by atoms with van der Waals surface area (Å²) in [5, 5.41) is 17.1. The van der Waals surface area contributed by atoms with Gasteiger partial charge >= 0.3 is 23.5 Å². The number of aryl methyl sites for hydroxylation is 4. The Morgan fingerprint density at radius 3 is 1.73 bits per heavy atom. The fourth-order valence-electron chi connectivity index (χ4n) is 6.86. The quantitative estimate of drug-likeness (QED) is 0.0872. The minimum Gasteiger partial charge on any atom is -0.481 e. The smallest absolute Gasteiger partial charge is 0.363 e. The van der Waals surface area contributed by atoms with Gasteiger partial charge in [-0.3, -0.25) is 19.2 Å². The van der Waals surface area contributed by atoms with Crippen LogP contribution < -0.4 is 21.9 Å². The molecule has 3 atom stereocenters. The topological polar surface area (TPSA) is 252 Å². The van der Waals surface area contributed by atoms with E-state index >= 15 is 0 Å². The van der Waals surface area contributed by atoms with E-state index in [1.54, 1.807) is 19.2 Å². The summed E-state index contributed by atoms with van der Waals surface area (Å²) in [7, 11) is 6.86. The second kappa shape index (κ2) is 28.6. The maximum absolute atomic E-state index is 11.9. The summed E-state index contributed by atoms with van der Waals surface area (Å²) in [4.78, 5) is 59.0. The van der Waals surface area contributed by atoms with E-state index in [2.05, 4.69) is 61.0 Å². The van der Waals surface area contributed by atoms with Gasteiger partial charge in [-0.25, -0.2) is 4.79 Å². The summed E-state index contributed by atoms with van der Waals surface area (Å²) in [5.41, 5.74) is 13.4. The Balaban J connectivity index is 0.000000291. The predicted octanol–water partition coefficient (Wildman–Crippen LogP) is 5.37. The third kappa shape index (κ3) is 17.4. The Bertz CT molecular complexity index is 2470. The number of hydrogen-bond donors (Lipinski definition) is 5. The Hall–Kier alpha value is -6.41. The number of carboxylic acids is 1. The zero-order chi connectivity index (χ0) is 50.3. The number of piperidine rings is 1. The van der Waals surface area contributed by atoms with Crippen LogP contribution in [0.3, 0.4) is 0 Å². The van der Waals surface area contributed by atoms with Crippen molar-refractivity contribution in [2.24, 2.45) is 11.1 Å². The van der Waals surface area contributed by atoms with Crippen LogP contribution in [0.4, 0.5) is 0 Å². The number of aromatic nitrogens is 1. The zero-order valence-corrected chi connectivity index (χ0v) is 40.3. The van der Waals surface area contributed by atoms with Crippen molar-refractivity contribution in [3.63, 3.8) is 0 Å². The average molecular weight is 947 g/mol. The summed E-state index contributed by atoms with van der Waals surface area (Å²) in [6, 6.07) is 29.4. The Labute approximate surface area is 394 Å². The van der Waals surface area contributed by atoms with Crippen LogP contribution in [-0.2, 0) is 67.5 Å². The molecule has 1 saturated heterocycles. The molecule has 1 aliphatic carbocycles. The molecule has 17 nitrogen and oxygen atoms in total. The van der Waals surface area contributed by atoms with Gasteiger partial charge in [0.15, 0.2) is 0 Å². The molecule has 0 saturated carbocycles. The zero-order valence-electron chi connectivity index (χ0n) is 39.5. The number of fused-ring (bicyclic) bond motifs is 3. The Morgan fingerprint density at radius 1 is 0.731 bits per heavy atom. The van der Waals surface area contributed by atoms with Gasteiger partial charge < -0.3 is 50.1 Å². The molecule has 3 unspecified atom stereocenters. The normalized spacial score (nSPS) is 16.0. The number of carbonyl (C=O) groups excluding carboxylic acids is 3. The van der Waals surface area contributed by atoms with Crippen LogP contribution in [0, 0.1) is 33.1 Å². The maximum Gasteiger partial charge on any atom is 0.363 e. The van der Waals surface area contributed by atoms with Gasteiger partial charge in [0.25, 0.3) is 12.2 Å². The number of amides is 2. The van der Waals surface area contributed by atoms with Crippen molar-refractivity contribution in [1.29, 1.82) is 0 Å². The lowest BCUT2D eigenvalue weighted by Crippen LogP contribution is -2.55. The van der Waals surface area contributed by atoms with Crippen molar-refractivity contribution in [2.45, 2.75) is 78.7 Å². The fraction of sp³-hybridized carbons (Fsp3) is 0.367. The number of esters is 1. The van der Waals surface area contributed by atoms with Crippen LogP contribution in [0.5, 0.6) is 0 Å². The minimum absolute atomic E-state index is 0.0446. The van der Waals surface area contributed by atoms with Crippen LogP contribution in [0.15, 0.2) is 102 Å². The molecule has 8 rings (SSSR count). The first-order valence-corrected chi connectivity index (χ1v) is 21.5. The van der Waals surface area contributed by atoms with E-state index in [9.17, 15) is 29.1 Å². The highest BCUT2D eigenvalue weighted by Gasteiger charge is 2.55. The largest absolute Gasteiger partial charge is 0.481 e. The Morgan fingerprint density at radius 2 is 1.24 bits per heavy atom. The third-order valence-electron chi connectivity index (χ3n) is 10.6. The number of nitrogens with two attached hydrogens (primary N) is 1. The average Bonchev–Trinajstić information content (AvgIpc) is 3.31. The van der Waals surface area contributed by atoms with Crippen LogP contribution in [0.1, 0.15) is 69.8 Å². The SMILES string of the molecule is COC(=O)C(OC)OC.COC(OC)C(=O)NCc1ccc(C)cc1.Cc1ccc(CN)cc1.Cc1ccc2c(c1)C1CC(C)(C(=O)O)C2NC1=O.Cc1ccc2c[nH]c(=O)cc2c1.O=S=O. The number of aliphatic carboxylic acids is 1. The van der Waals surface area contributed by atoms with Gasteiger partial charge in [0.2, 0.25) is 17.8 Å². The molecule has 3 heterocycles. The molecule has 67 heavy (non-hydrogen) atoms. The molecular formula is C49H62N4O13S. The van der Waals surface area contributed by atoms with Gasteiger partial charge in [-0.15, -0.1) is 0 Å². The number of methoxy groups -OCH3 is 5. The fourth-order valence-corrected chi connectivity index (χ4v) is 6.86. The molecule has 1 fully saturated rings. The van der Waals surface area contributed by atoms with Crippen molar-refractivity contribution in [2.75, 3.05) is 35.5 Å². The molecule has 2 bridgehead atoms. The van der Waals surface area contributed by atoms with Crippen LogP contribution in [-0.4, -0.2) is 90.4 Å². The number of aromatic amines is 1. The summed E-state index contributed by atoms with van der Waals surface area (Å²) in [6.45, 7) is 10.9. The summed E-state index contributed by atoms with van der Waals surface area (Å²) in [6.07, 6.45) is 0.382. The van der Waals surface area contributed by atoms with Crippen LogP contribution in [0.2, 0.25) is 0 Å². The molecule has 18 heteroatoms. The summed E-state index contributed by atoms with van der Waals surface area (Å²) in [5.74, 6) is -2.02. The highest BCUT2D eigenvalue weighted by molar-refractivity contribution is 7.51. The molecule has 2 amide bonds. The lowest BCUT2D eigenvalue weighted by Gasteiger charge is -2.48. The lowest BCUT2D eigenvalue weighted by molar-refractivity contribution is -0.180. The van der Waals surface area contributed by atoms with Gasteiger partial charge in [0.1, 0.15) is 0 Å². The van der Waals surface area contributed by atoms with E-state index in [1.165, 1.54) is 57.8 Å². The number of nitrogens with one attached hydrogen (secondary N) is 3. The number of pyridine rings is 1. The number of carboxylic acid groups (broad SMARTS) is 1. The maximum atomic E-state index is 11.9. The van der Waals surface area contributed by atoms with Crippen molar-refractivity contribution in [3.05, 3.63) is 152 Å². The number of ether oxygens (including phenoxy) is 5. The van der Waals surface area contributed by atoms with E-state index in [-0.39, 0.29) is 23.3 Å². The van der Waals surface area contributed by atoms with E-state index < -0.39 is 47.5 Å².